The molecule has 0 aromatic heterocycles. The fourth-order valence-corrected chi connectivity index (χ4v) is 5.26. The molecule has 2 rings (SSSR count). The van der Waals surface area contributed by atoms with E-state index in [1.165, 1.54) is 10.7 Å². The van der Waals surface area contributed by atoms with Gasteiger partial charge in [0, 0.05) is 12.6 Å². The minimum Gasteiger partial charge on any atom is -0.386 e. The monoisotopic (exact) mass is 316 g/mol. The van der Waals surface area contributed by atoms with Gasteiger partial charge in [0.2, 0.25) is 0 Å². The molecule has 0 aromatic rings. The van der Waals surface area contributed by atoms with Gasteiger partial charge in [-0.1, -0.05) is 25.7 Å². The van der Waals surface area contributed by atoms with Crippen molar-refractivity contribution in [3.63, 3.8) is 0 Å². The summed E-state index contributed by atoms with van der Waals surface area (Å²) in [5.41, 5.74) is 5.68. The second kappa shape index (κ2) is 7.07. The normalized spacial score (nSPS) is 27.4. The molecule has 1 aliphatic carbocycles. The Bertz CT molecular complexity index is 460. The summed E-state index contributed by atoms with van der Waals surface area (Å²) < 4.78 is 29.5. The van der Waals surface area contributed by atoms with Crippen molar-refractivity contribution in [1.82, 2.24) is 9.03 Å². The van der Waals surface area contributed by atoms with Gasteiger partial charge >= 0.3 is 0 Å². The topological polar surface area (TPSA) is 99.3 Å². The Hall–Kier alpha value is -0.660. The van der Waals surface area contributed by atoms with E-state index in [1.807, 2.05) is 6.92 Å². The third-order valence-electron chi connectivity index (χ3n) is 4.78. The lowest BCUT2D eigenvalue weighted by molar-refractivity contribution is 0.259. The van der Waals surface area contributed by atoms with Crippen LogP contribution in [0.1, 0.15) is 58.3 Å². The predicted molar refractivity (Wildman–Crippen MR) is 84.4 cm³/mol. The van der Waals surface area contributed by atoms with Crippen molar-refractivity contribution < 1.29 is 8.42 Å². The van der Waals surface area contributed by atoms with Crippen LogP contribution in [-0.2, 0) is 10.2 Å². The maximum atomic E-state index is 12.6. The van der Waals surface area contributed by atoms with E-state index >= 15 is 0 Å². The summed E-state index contributed by atoms with van der Waals surface area (Å²) in [6, 6.07) is -0.528. The first-order valence-corrected chi connectivity index (χ1v) is 9.49. The van der Waals surface area contributed by atoms with Crippen molar-refractivity contribution in [1.29, 1.82) is 5.41 Å². The third kappa shape index (κ3) is 4.17. The van der Waals surface area contributed by atoms with Gasteiger partial charge in [-0.05, 0) is 38.5 Å². The quantitative estimate of drug-likeness (QED) is 0.530. The molecule has 122 valence electrons. The number of amidine groups is 1. The first-order chi connectivity index (χ1) is 9.92. The minimum absolute atomic E-state index is 0.0233. The number of nitrogens with one attached hydrogen (secondary N) is 2. The number of piperidine rings is 1. The van der Waals surface area contributed by atoms with Crippen LogP contribution in [-0.4, -0.2) is 37.2 Å². The average Bonchev–Trinajstić information content (AvgIpc) is 2.46. The first-order valence-electron chi connectivity index (χ1n) is 8.05. The molecule has 2 unspecified atom stereocenters. The molecule has 7 heteroatoms. The van der Waals surface area contributed by atoms with Crippen molar-refractivity contribution in [3.05, 3.63) is 0 Å². The first kappa shape index (κ1) is 16.7. The fourth-order valence-electron chi connectivity index (χ4n) is 3.54. The van der Waals surface area contributed by atoms with Gasteiger partial charge in [-0.15, -0.1) is 0 Å². The van der Waals surface area contributed by atoms with Gasteiger partial charge in [0.15, 0.2) is 0 Å². The predicted octanol–water partition coefficient (Wildman–Crippen LogP) is 1.58. The Kier molecular flexibility index (Phi) is 5.62. The van der Waals surface area contributed by atoms with E-state index in [4.69, 9.17) is 11.1 Å². The minimum atomic E-state index is -3.56. The van der Waals surface area contributed by atoms with Crippen LogP contribution >= 0.6 is 0 Å². The van der Waals surface area contributed by atoms with E-state index in [2.05, 4.69) is 4.72 Å². The Morgan fingerprint density at radius 2 is 1.81 bits per heavy atom. The van der Waals surface area contributed by atoms with Crippen LogP contribution < -0.4 is 10.5 Å². The molecule has 0 radical (unpaired) electrons. The summed E-state index contributed by atoms with van der Waals surface area (Å²) >= 11 is 0. The molecule has 1 heterocycles. The average molecular weight is 316 g/mol. The van der Waals surface area contributed by atoms with Gasteiger partial charge in [0.25, 0.3) is 10.2 Å². The van der Waals surface area contributed by atoms with Gasteiger partial charge in [0.05, 0.1) is 6.04 Å². The molecule has 2 atom stereocenters. The molecule has 4 N–H and O–H groups in total. The SMILES string of the molecule is CC1CCCCN1S(=O)(=O)NC(C(=N)N)C1CCCCC1. The Morgan fingerprint density at radius 1 is 1.19 bits per heavy atom. The van der Waals surface area contributed by atoms with Crippen LogP contribution in [0.25, 0.3) is 0 Å². The summed E-state index contributed by atoms with van der Waals surface area (Å²) in [5.74, 6) is 0.0984. The number of nitrogens with two attached hydrogens (primary N) is 1. The maximum absolute atomic E-state index is 12.6. The van der Waals surface area contributed by atoms with Gasteiger partial charge in [-0.2, -0.15) is 17.4 Å². The van der Waals surface area contributed by atoms with Crippen LogP contribution in [0.3, 0.4) is 0 Å². The van der Waals surface area contributed by atoms with Gasteiger partial charge in [-0.25, -0.2) is 0 Å². The van der Waals surface area contributed by atoms with Crippen molar-refractivity contribution in [3.8, 4) is 0 Å². The highest BCUT2D eigenvalue weighted by atomic mass is 32.2. The van der Waals surface area contributed by atoms with Crippen molar-refractivity contribution in [2.24, 2.45) is 11.7 Å². The lowest BCUT2D eigenvalue weighted by Crippen LogP contribution is -2.56. The molecule has 2 aliphatic rings. The van der Waals surface area contributed by atoms with E-state index < -0.39 is 16.3 Å². The lowest BCUT2D eigenvalue weighted by atomic mass is 9.84. The third-order valence-corrected chi connectivity index (χ3v) is 6.49. The molecule has 0 amide bonds. The molecule has 6 nitrogen and oxygen atoms in total. The number of hydrogen-bond donors (Lipinski definition) is 3. The van der Waals surface area contributed by atoms with Crippen LogP contribution in [0.2, 0.25) is 0 Å². The Balaban J connectivity index is 2.09. The molecule has 0 aromatic carbocycles. The van der Waals surface area contributed by atoms with E-state index in [-0.39, 0.29) is 17.8 Å². The molecule has 1 saturated heterocycles. The Morgan fingerprint density at radius 3 is 2.38 bits per heavy atom. The van der Waals surface area contributed by atoms with Crippen LogP contribution in [0.5, 0.6) is 0 Å². The summed E-state index contributed by atoms with van der Waals surface area (Å²) in [5, 5.41) is 7.76. The largest absolute Gasteiger partial charge is 0.386 e. The molecule has 0 spiro atoms. The molecule has 21 heavy (non-hydrogen) atoms. The molecular formula is C14H28N4O2S. The molecule has 1 aliphatic heterocycles. The molecular weight excluding hydrogens is 288 g/mol. The van der Waals surface area contributed by atoms with Gasteiger partial charge in [0.1, 0.15) is 5.84 Å². The summed E-state index contributed by atoms with van der Waals surface area (Å²) in [6.07, 6.45) is 8.15. The maximum Gasteiger partial charge on any atom is 0.280 e. The van der Waals surface area contributed by atoms with Crippen LogP contribution in [0.15, 0.2) is 0 Å². The van der Waals surface area contributed by atoms with Crippen molar-refractivity contribution >= 4 is 16.0 Å². The molecule has 0 bridgehead atoms. The number of rotatable bonds is 5. The highest BCUT2D eigenvalue weighted by Crippen LogP contribution is 2.27. The zero-order valence-corrected chi connectivity index (χ0v) is 13.7. The van der Waals surface area contributed by atoms with E-state index in [9.17, 15) is 8.42 Å². The van der Waals surface area contributed by atoms with Crippen LogP contribution in [0.4, 0.5) is 0 Å². The van der Waals surface area contributed by atoms with Gasteiger partial charge in [-0.3, -0.25) is 5.41 Å². The van der Waals surface area contributed by atoms with Gasteiger partial charge < -0.3 is 5.73 Å². The smallest absolute Gasteiger partial charge is 0.280 e. The fraction of sp³-hybridized carbons (Fsp3) is 0.929. The number of hydrogen-bond acceptors (Lipinski definition) is 3. The number of nitrogens with zero attached hydrogens (tertiary/aromatic N) is 1. The van der Waals surface area contributed by atoms with E-state index in [1.54, 1.807) is 0 Å². The summed E-state index contributed by atoms with van der Waals surface area (Å²) in [7, 11) is -3.56. The van der Waals surface area contributed by atoms with Crippen LogP contribution in [0, 0.1) is 11.3 Å². The highest BCUT2D eigenvalue weighted by molar-refractivity contribution is 7.87. The second-order valence-corrected chi connectivity index (χ2v) is 8.06. The van der Waals surface area contributed by atoms with E-state index in [0.29, 0.717) is 6.54 Å². The standard InChI is InChI=1S/C14H28N4O2S/c1-11-7-5-6-10-18(11)21(19,20)17-13(14(15)16)12-8-3-2-4-9-12/h11-13,17H,2-10H2,1H3,(H3,15,16). The van der Waals surface area contributed by atoms with Crippen molar-refractivity contribution in [2.75, 3.05) is 6.54 Å². The molecule has 1 saturated carbocycles. The Labute approximate surface area is 128 Å². The molecule has 2 fully saturated rings. The van der Waals surface area contributed by atoms with Crippen molar-refractivity contribution in [2.45, 2.75) is 70.4 Å². The summed E-state index contributed by atoms with van der Waals surface area (Å²) in [4.78, 5) is 0. The summed E-state index contributed by atoms with van der Waals surface area (Å²) in [6.45, 7) is 2.51. The second-order valence-electron chi connectivity index (χ2n) is 6.41. The zero-order valence-electron chi connectivity index (χ0n) is 12.8. The van der Waals surface area contributed by atoms with E-state index in [0.717, 1.165) is 44.9 Å². The lowest BCUT2D eigenvalue weighted by Gasteiger charge is -2.36. The highest BCUT2D eigenvalue weighted by Gasteiger charge is 2.35. The zero-order chi connectivity index (χ0) is 15.5.